The first-order valence-electron chi connectivity index (χ1n) is 5.17. The summed E-state index contributed by atoms with van der Waals surface area (Å²) in [7, 11) is 0. The number of nitrogens with two attached hydrogens (primary N) is 1. The van der Waals surface area contributed by atoms with Crippen LogP contribution in [0.1, 0.15) is 29.9 Å². The largest absolute Gasteiger partial charge is 0.338 e. The zero-order valence-corrected chi connectivity index (χ0v) is 9.23. The molecule has 0 fully saturated rings. The number of aromatic nitrogens is 1. The van der Waals surface area contributed by atoms with Crippen LogP contribution >= 0.6 is 0 Å². The lowest BCUT2D eigenvalue weighted by Gasteiger charge is -2.17. The van der Waals surface area contributed by atoms with E-state index in [2.05, 4.69) is 4.98 Å². The van der Waals surface area contributed by atoms with Gasteiger partial charge in [0.1, 0.15) is 5.69 Å². The molecule has 0 aliphatic rings. The van der Waals surface area contributed by atoms with E-state index in [0.29, 0.717) is 25.3 Å². The molecule has 0 aliphatic carbocycles. The average Bonchev–Trinajstić information content (AvgIpc) is 2.30. The molecule has 0 spiro atoms. The van der Waals surface area contributed by atoms with E-state index in [1.807, 2.05) is 19.9 Å². The van der Waals surface area contributed by atoms with Crippen LogP contribution in [-0.2, 0) is 6.54 Å². The van der Waals surface area contributed by atoms with Crippen LogP contribution in [-0.4, -0.2) is 28.9 Å². The van der Waals surface area contributed by atoms with E-state index in [0.717, 1.165) is 5.56 Å². The Morgan fingerprint density at radius 2 is 2.07 bits per heavy atom. The van der Waals surface area contributed by atoms with Gasteiger partial charge in [0.15, 0.2) is 0 Å². The van der Waals surface area contributed by atoms with Crippen LogP contribution in [0.25, 0.3) is 0 Å². The summed E-state index contributed by atoms with van der Waals surface area (Å²) in [4.78, 5) is 17.7. The van der Waals surface area contributed by atoms with E-state index in [-0.39, 0.29) is 5.91 Å². The van der Waals surface area contributed by atoms with Crippen molar-refractivity contribution in [2.45, 2.75) is 20.4 Å². The Kier molecular flexibility index (Phi) is 4.24. The predicted octanol–water partition coefficient (Wildman–Crippen LogP) is 1.02. The highest BCUT2D eigenvalue weighted by Crippen LogP contribution is 2.03. The summed E-state index contributed by atoms with van der Waals surface area (Å²) in [5.74, 6) is -0.0245. The van der Waals surface area contributed by atoms with Gasteiger partial charge in [-0.25, -0.2) is 0 Å². The van der Waals surface area contributed by atoms with Gasteiger partial charge in [-0.2, -0.15) is 0 Å². The fourth-order valence-corrected chi connectivity index (χ4v) is 1.34. The Morgan fingerprint density at radius 3 is 2.47 bits per heavy atom. The average molecular weight is 207 g/mol. The van der Waals surface area contributed by atoms with Crippen LogP contribution in [0.5, 0.6) is 0 Å². The molecule has 0 saturated carbocycles. The van der Waals surface area contributed by atoms with Crippen molar-refractivity contribution in [2.75, 3.05) is 13.1 Å². The van der Waals surface area contributed by atoms with Gasteiger partial charge in [-0.1, -0.05) is 6.07 Å². The summed E-state index contributed by atoms with van der Waals surface area (Å²) in [5.41, 5.74) is 6.87. The van der Waals surface area contributed by atoms with Crippen LogP contribution in [0.3, 0.4) is 0 Å². The molecule has 1 amide bonds. The van der Waals surface area contributed by atoms with Gasteiger partial charge in [0, 0.05) is 25.8 Å². The van der Waals surface area contributed by atoms with Crippen molar-refractivity contribution in [3.8, 4) is 0 Å². The van der Waals surface area contributed by atoms with Crippen LogP contribution in [0.4, 0.5) is 0 Å². The van der Waals surface area contributed by atoms with Crippen LogP contribution in [0.2, 0.25) is 0 Å². The summed E-state index contributed by atoms with van der Waals surface area (Å²) in [6, 6.07) is 3.56. The molecule has 0 saturated heterocycles. The molecule has 2 N–H and O–H groups in total. The monoisotopic (exact) mass is 207 g/mol. The first-order chi connectivity index (χ1) is 7.22. The second-order valence-electron chi connectivity index (χ2n) is 3.23. The molecule has 0 aliphatic heterocycles. The van der Waals surface area contributed by atoms with Crippen molar-refractivity contribution >= 4 is 5.91 Å². The number of carbonyl (C=O) groups is 1. The zero-order valence-electron chi connectivity index (χ0n) is 9.23. The standard InChI is InChI=1S/C11H17N3O/c1-3-14(4-2)11(15)10-6-5-9(7-12)8-13-10/h5-6,8H,3-4,7,12H2,1-2H3. The number of hydrogen-bond acceptors (Lipinski definition) is 3. The molecule has 4 heteroatoms. The highest BCUT2D eigenvalue weighted by molar-refractivity contribution is 5.92. The molecule has 0 radical (unpaired) electrons. The first kappa shape index (κ1) is 11.7. The molecule has 0 unspecified atom stereocenters. The Bertz CT molecular complexity index is 317. The smallest absolute Gasteiger partial charge is 0.272 e. The molecule has 1 heterocycles. The summed E-state index contributed by atoms with van der Waals surface area (Å²) in [6.45, 7) is 5.77. The lowest BCUT2D eigenvalue weighted by molar-refractivity contribution is 0.0767. The fourth-order valence-electron chi connectivity index (χ4n) is 1.34. The Balaban J connectivity index is 2.82. The van der Waals surface area contributed by atoms with Gasteiger partial charge in [-0.05, 0) is 25.5 Å². The normalized spacial score (nSPS) is 10.1. The minimum Gasteiger partial charge on any atom is -0.338 e. The second-order valence-corrected chi connectivity index (χ2v) is 3.23. The SMILES string of the molecule is CCN(CC)C(=O)c1ccc(CN)cn1. The third-order valence-electron chi connectivity index (χ3n) is 2.33. The number of carbonyl (C=O) groups excluding carboxylic acids is 1. The van der Waals surface area contributed by atoms with Crippen molar-refractivity contribution < 1.29 is 4.79 Å². The van der Waals surface area contributed by atoms with Crippen molar-refractivity contribution in [1.82, 2.24) is 9.88 Å². The number of hydrogen-bond donors (Lipinski definition) is 1. The molecule has 15 heavy (non-hydrogen) atoms. The van der Waals surface area contributed by atoms with Gasteiger partial charge in [-0.3, -0.25) is 9.78 Å². The molecule has 82 valence electrons. The predicted molar refractivity (Wildman–Crippen MR) is 59.4 cm³/mol. The Morgan fingerprint density at radius 1 is 1.40 bits per heavy atom. The van der Waals surface area contributed by atoms with Crippen LogP contribution in [0.15, 0.2) is 18.3 Å². The highest BCUT2D eigenvalue weighted by Gasteiger charge is 2.12. The van der Waals surface area contributed by atoms with E-state index in [1.54, 1.807) is 17.2 Å². The maximum atomic E-state index is 11.8. The van der Waals surface area contributed by atoms with Crippen molar-refractivity contribution in [1.29, 1.82) is 0 Å². The molecular weight excluding hydrogens is 190 g/mol. The molecule has 1 aromatic rings. The molecule has 0 bridgehead atoms. The molecule has 0 aromatic carbocycles. The van der Waals surface area contributed by atoms with Crippen molar-refractivity contribution in [3.63, 3.8) is 0 Å². The molecular formula is C11H17N3O. The fraction of sp³-hybridized carbons (Fsp3) is 0.455. The topological polar surface area (TPSA) is 59.2 Å². The van der Waals surface area contributed by atoms with Gasteiger partial charge in [0.2, 0.25) is 0 Å². The Hall–Kier alpha value is -1.42. The van der Waals surface area contributed by atoms with Gasteiger partial charge in [0.05, 0.1) is 0 Å². The molecule has 4 nitrogen and oxygen atoms in total. The van der Waals surface area contributed by atoms with Gasteiger partial charge in [-0.15, -0.1) is 0 Å². The van der Waals surface area contributed by atoms with Crippen molar-refractivity contribution in [3.05, 3.63) is 29.6 Å². The third-order valence-corrected chi connectivity index (χ3v) is 2.33. The third kappa shape index (κ3) is 2.76. The van der Waals surface area contributed by atoms with Crippen LogP contribution < -0.4 is 5.73 Å². The van der Waals surface area contributed by atoms with Gasteiger partial charge < -0.3 is 10.6 Å². The quantitative estimate of drug-likeness (QED) is 0.802. The van der Waals surface area contributed by atoms with E-state index in [1.165, 1.54) is 0 Å². The number of pyridine rings is 1. The zero-order chi connectivity index (χ0) is 11.3. The summed E-state index contributed by atoms with van der Waals surface area (Å²) in [5, 5.41) is 0. The highest BCUT2D eigenvalue weighted by atomic mass is 16.2. The lowest BCUT2D eigenvalue weighted by Crippen LogP contribution is -2.31. The van der Waals surface area contributed by atoms with Gasteiger partial charge >= 0.3 is 0 Å². The van der Waals surface area contributed by atoms with E-state index in [9.17, 15) is 4.79 Å². The van der Waals surface area contributed by atoms with E-state index >= 15 is 0 Å². The molecule has 0 atom stereocenters. The minimum atomic E-state index is -0.0245. The number of rotatable bonds is 4. The van der Waals surface area contributed by atoms with E-state index < -0.39 is 0 Å². The molecule has 1 rings (SSSR count). The van der Waals surface area contributed by atoms with E-state index in [4.69, 9.17) is 5.73 Å². The Labute approximate surface area is 90.1 Å². The number of nitrogens with zero attached hydrogens (tertiary/aromatic N) is 2. The van der Waals surface area contributed by atoms with Crippen LogP contribution in [0, 0.1) is 0 Å². The maximum absolute atomic E-state index is 11.8. The number of amides is 1. The second kappa shape index (κ2) is 5.46. The molecule has 1 aromatic heterocycles. The van der Waals surface area contributed by atoms with Gasteiger partial charge in [0.25, 0.3) is 5.91 Å². The summed E-state index contributed by atoms with van der Waals surface area (Å²) in [6.07, 6.45) is 1.65. The minimum absolute atomic E-state index is 0.0245. The maximum Gasteiger partial charge on any atom is 0.272 e. The summed E-state index contributed by atoms with van der Waals surface area (Å²) >= 11 is 0. The lowest BCUT2D eigenvalue weighted by atomic mass is 10.2. The summed E-state index contributed by atoms with van der Waals surface area (Å²) < 4.78 is 0. The first-order valence-corrected chi connectivity index (χ1v) is 5.17. The van der Waals surface area contributed by atoms with Crippen molar-refractivity contribution in [2.24, 2.45) is 5.73 Å².